The van der Waals surface area contributed by atoms with Gasteiger partial charge < -0.3 is 4.74 Å². The van der Waals surface area contributed by atoms with Gasteiger partial charge >= 0.3 is 0 Å². The molecule has 0 unspecified atom stereocenters. The summed E-state index contributed by atoms with van der Waals surface area (Å²) in [6.07, 6.45) is 3.40. The van der Waals surface area contributed by atoms with Crippen LogP contribution >= 0.6 is 11.8 Å². The summed E-state index contributed by atoms with van der Waals surface area (Å²) in [6, 6.07) is 16.8. The number of thioether (sulfide) groups is 1. The topological polar surface area (TPSA) is 87.2 Å². The van der Waals surface area contributed by atoms with Gasteiger partial charge in [-0.1, -0.05) is 30.0 Å². The summed E-state index contributed by atoms with van der Waals surface area (Å²) in [5, 5.41) is 14.4. The molecule has 5 rings (SSSR count). The third kappa shape index (κ3) is 3.18. The van der Waals surface area contributed by atoms with Gasteiger partial charge in [0.2, 0.25) is 0 Å². The summed E-state index contributed by atoms with van der Waals surface area (Å²) in [7, 11) is 1.59. The molecule has 3 aromatic heterocycles. The highest BCUT2D eigenvalue weighted by Crippen LogP contribution is 2.24. The fourth-order valence-corrected chi connectivity index (χ4v) is 3.95. The van der Waals surface area contributed by atoms with E-state index in [9.17, 15) is 4.79 Å². The largest absolute Gasteiger partial charge is 0.497 e. The van der Waals surface area contributed by atoms with Crippen molar-refractivity contribution in [3.63, 3.8) is 0 Å². The van der Waals surface area contributed by atoms with Gasteiger partial charge in [-0.15, -0.1) is 10.2 Å². The molecule has 0 atom stereocenters. The summed E-state index contributed by atoms with van der Waals surface area (Å²) in [5.41, 5.74) is 2.90. The Morgan fingerprint density at radius 1 is 1.03 bits per heavy atom. The number of carbonyl (C=O) groups excluding carboxylic acids is 1. The first kappa shape index (κ1) is 18.3. The van der Waals surface area contributed by atoms with E-state index in [2.05, 4.69) is 20.3 Å². The number of ketones is 1. The van der Waals surface area contributed by atoms with Crippen LogP contribution in [0.1, 0.15) is 10.4 Å². The lowest BCUT2D eigenvalue weighted by atomic mass is 10.1. The maximum absolute atomic E-state index is 12.5. The SMILES string of the molecule is COc1ccc(C(=O)CSc2nnc3c4cnn(-c5ccccc5)c4ncn23)cc1. The van der Waals surface area contributed by atoms with Gasteiger partial charge in [-0.2, -0.15) is 5.10 Å². The maximum atomic E-state index is 12.5. The number of methoxy groups -OCH3 is 1. The molecule has 5 aromatic rings. The quantitative estimate of drug-likeness (QED) is 0.309. The predicted octanol–water partition coefficient (Wildman–Crippen LogP) is 3.45. The third-order valence-electron chi connectivity index (χ3n) is 4.69. The normalized spacial score (nSPS) is 11.2. The van der Waals surface area contributed by atoms with Crippen molar-refractivity contribution in [2.45, 2.75) is 5.16 Å². The Labute approximate surface area is 175 Å². The van der Waals surface area contributed by atoms with Crippen molar-refractivity contribution < 1.29 is 9.53 Å². The summed E-state index contributed by atoms with van der Waals surface area (Å²) < 4.78 is 8.68. The second kappa shape index (κ2) is 7.60. The van der Waals surface area contributed by atoms with Gasteiger partial charge in [0.05, 0.1) is 30.1 Å². The number of benzene rings is 2. The van der Waals surface area contributed by atoms with Gasteiger partial charge in [0, 0.05) is 5.56 Å². The van der Waals surface area contributed by atoms with Crippen molar-refractivity contribution in [3.05, 3.63) is 72.7 Å². The molecule has 0 bridgehead atoms. The molecule has 0 aliphatic carbocycles. The van der Waals surface area contributed by atoms with Crippen molar-refractivity contribution in [2.75, 3.05) is 12.9 Å². The summed E-state index contributed by atoms with van der Waals surface area (Å²) >= 11 is 1.32. The molecule has 9 heteroatoms. The zero-order valence-corrected chi connectivity index (χ0v) is 16.8. The van der Waals surface area contributed by atoms with E-state index in [0.717, 1.165) is 11.1 Å². The molecule has 0 aliphatic heterocycles. The fourth-order valence-electron chi connectivity index (χ4n) is 3.15. The van der Waals surface area contributed by atoms with Crippen molar-refractivity contribution >= 4 is 34.2 Å². The van der Waals surface area contributed by atoms with E-state index in [1.807, 2.05) is 30.3 Å². The van der Waals surface area contributed by atoms with Crippen molar-refractivity contribution in [1.82, 2.24) is 29.4 Å². The maximum Gasteiger partial charge on any atom is 0.197 e. The summed E-state index contributed by atoms with van der Waals surface area (Å²) in [4.78, 5) is 17.1. The molecule has 0 amide bonds. The van der Waals surface area contributed by atoms with Crippen LogP contribution in [0.3, 0.4) is 0 Å². The number of ether oxygens (including phenoxy) is 1. The molecule has 0 radical (unpaired) electrons. The van der Waals surface area contributed by atoms with Crippen LogP contribution in [0.15, 0.2) is 72.3 Å². The molecule has 30 heavy (non-hydrogen) atoms. The fraction of sp³-hybridized carbons (Fsp3) is 0.0952. The van der Waals surface area contributed by atoms with Gasteiger partial charge in [0.15, 0.2) is 22.2 Å². The molecule has 0 aliphatic rings. The Bertz CT molecular complexity index is 1340. The molecule has 148 valence electrons. The van der Waals surface area contributed by atoms with E-state index in [-0.39, 0.29) is 11.5 Å². The summed E-state index contributed by atoms with van der Waals surface area (Å²) in [6.45, 7) is 0. The minimum Gasteiger partial charge on any atom is -0.497 e. The lowest BCUT2D eigenvalue weighted by molar-refractivity contribution is 0.102. The average molecular weight is 416 g/mol. The zero-order valence-electron chi connectivity index (χ0n) is 16.0. The Balaban J connectivity index is 1.41. The molecule has 0 saturated heterocycles. The van der Waals surface area contributed by atoms with Gasteiger partial charge in [-0.3, -0.25) is 9.20 Å². The second-order valence-electron chi connectivity index (χ2n) is 6.49. The van der Waals surface area contributed by atoms with Crippen molar-refractivity contribution in [1.29, 1.82) is 0 Å². The molecule has 0 fully saturated rings. The van der Waals surface area contributed by atoms with Crippen molar-refractivity contribution in [2.24, 2.45) is 0 Å². The van der Waals surface area contributed by atoms with E-state index in [1.54, 1.807) is 53.0 Å². The smallest absolute Gasteiger partial charge is 0.197 e. The van der Waals surface area contributed by atoms with Crippen LogP contribution in [0, 0.1) is 0 Å². The van der Waals surface area contributed by atoms with Gasteiger partial charge in [0.25, 0.3) is 0 Å². The standard InChI is InChI=1S/C21H16N6O2S/c1-29-16-9-7-14(8-10-16)18(28)12-30-21-25-24-20-17-11-23-27(15-5-3-2-4-6-15)19(17)22-13-26(20)21/h2-11,13H,12H2,1H3. The number of rotatable bonds is 6. The lowest BCUT2D eigenvalue weighted by Gasteiger charge is -2.04. The number of carbonyl (C=O) groups is 1. The number of hydrogen-bond acceptors (Lipinski definition) is 7. The molecule has 0 saturated carbocycles. The van der Waals surface area contributed by atoms with Gasteiger partial charge in [-0.05, 0) is 36.4 Å². The molecule has 2 aromatic carbocycles. The van der Waals surface area contributed by atoms with Crippen LogP contribution in [0.25, 0.3) is 22.4 Å². The lowest BCUT2D eigenvalue weighted by Crippen LogP contribution is -2.03. The minimum atomic E-state index is 0.00494. The Hall–Kier alpha value is -3.72. The highest BCUT2D eigenvalue weighted by molar-refractivity contribution is 7.99. The number of fused-ring (bicyclic) bond motifs is 3. The number of nitrogens with zero attached hydrogens (tertiary/aromatic N) is 6. The minimum absolute atomic E-state index is 0.00494. The molecular formula is C21H16N6O2S. The Kier molecular flexibility index (Phi) is 4.64. The number of Topliss-reactive ketones (excluding diaryl/α,β-unsaturated/α-hetero) is 1. The van der Waals surface area contributed by atoms with E-state index in [1.165, 1.54) is 11.8 Å². The van der Waals surface area contributed by atoms with Gasteiger partial charge in [-0.25, -0.2) is 9.67 Å². The van der Waals surface area contributed by atoms with E-state index in [0.29, 0.717) is 27.8 Å². The van der Waals surface area contributed by atoms with Crippen LogP contribution in [-0.4, -0.2) is 48.0 Å². The highest BCUT2D eigenvalue weighted by atomic mass is 32.2. The van der Waals surface area contributed by atoms with E-state index < -0.39 is 0 Å². The molecular weight excluding hydrogens is 400 g/mol. The molecule has 0 spiro atoms. The average Bonchev–Trinajstić information content (AvgIpc) is 3.42. The first-order chi connectivity index (χ1) is 14.7. The van der Waals surface area contributed by atoms with Crippen LogP contribution in [-0.2, 0) is 0 Å². The summed E-state index contributed by atoms with van der Waals surface area (Å²) in [5.74, 6) is 0.966. The van der Waals surface area contributed by atoms with Gasteiger partial charge in [0.1, 0.15) is 12.1 Å². The van der Waals surface area contributed by atoms with Crippen LogP contribution in [0.5, 0.6) is 5.75 Å². The second-order valence-corrected chi connectivity index (χ2v) is 7.43. The number of aromatic nitrogens is 6. The van der Waals surface area contributed by atoms with Crippen LogP contribution in [0.2, 0.25) is 0 Å². The molecule has 8 nitrogen and oxygen atoms in total. The molecule has 0 N–H and O–H groups in total. The number of para-hydroxylation sites is 1. The Morgan fingerprint density at radius 3 is 2.60 bits per heavy atom. The van der Waals surface area contributed by atoms with Crippen LogP contribution in [0.4, 0.5) is 0 Å². The number of hydrogen-bond donors (Lipinski definition) is 0. The Morgan fingerprint density at radius 2 is 1.83 bits per heavy atom. The van der Waals surface area contributed by atoms with Crippen molar-refractivity contribution in [3.8, 4) is 11.4 Å². The first-order valence-electron chi connectivity index (χ1n) is 9.17. The highest BCUT2D eigenvalue weighted by Gasteiger charge is 2.16. The van der Waals surface area contributed by atoms with E-state index >= 15 is 0 Å². The van der Waals surface area contributed by atoms with E-state index in [4.69, 9.17) is 4.74 Å². The third-order valence-corrected chi connectivity index (χ3v) is 5.63. The first-order valence-corrected chi connectivity index (χ1v) is 10.2. The monoisotopic (exact) mass is 416 g/mol. The molecule has 3 heterocycles. The predicted molar refractivity (Wildman–Crippen MR) is 113 cm³/mol. The van der Waals surface area contributed by atoms with Crippen LogP contribution < -0.4 is 4.74 Å². The zero-order chi connectivity index (χ0) is 20.5.